The fourth-order valence-electron chi connectivity index (χ4n) is 1.66. The van der Waals surface area contributed by atoms with Crippen molar-refractivity contribution in [2.24, 2.45) is 5.41 Å². The number of hydrogen-bond acceptors (Lipinski definition) is 4. The zero-order chi connectivity index (χ0) is 14.8. The minimum absolute atomic E-state index is 0.106. The number of hydrogen-bond donors (Lipinski definition) is 2. The summed E-state index contributed by atoms with van der Waals surface area (Å²) in [7, 11) is 0. The number of carbonyl (C=O) groups is 1. The molecule has 0 radical (unpaired) electrons. The molecule has 1 atom stereocenters. The first-order valence-electron chi connectivity index (χ1n) is 6.36. The molecular weight excluding hydrogens is 272 g/mol. The summed E-state index contributed by atoms with van der Waals surface area (Å²) in [6, 6.07) is 5.48. The number of anilines is 1. The molecule has 0 spiro atoms. The lowest BCUT2D eigenvalue weighted by atomic mass is 9.95. The average Bonchev–Trinajstić information content (AvgIpc) is 2.91. The lowest BCUT2D eigenvalue weighted by molar-refractivity contribution is -0.123. The number of aliphatic hydroxyl groups is 1. The molecular formula is C15H18N2O2S. The second kappa shape index (κ2) is 5.73. The number of thiophene rings is 1. The fourth-order valence-corrected chi connectivity index (χ4v) is 2.39. The number of amides is 1. The number of aliphatic hydroxyl groups excluding tert-OH is 1. The zero-order valence-corrected chi connectivity index (χ0v) is 12.6. The van der Waals surface area contributed by atoms with Crippen LogP contribution in [-0.4, -0.2) is 16.0 Å². The van der Waals surface area contributed by atoms with E-state index >= 15 is 0 Å². The van der Waals surface area contributed by atoms with E-state index in [0.29, 0.717) is 11.3 Å². The third-order valence-electron chi connectivity index (χ3n) is 2.89. The van der Waals surface area contributed by atoms with E-state index in [1.54, 1.807) is 18.5 Å². The summed E-state index contributed by atoms with van der Waals surface area (Å²) >= 11 is 1.48. The monoisotopic (exact) mass is 290 g/mol. The van der Waals surface area contributed by atoms with Crippen LogP contribution >= 0.6 is 11.3 Å². The van der Waals surface area contributed by atoms with Crippen molar-refractivity contribution >= 4 is 22.9 Å². The maximum Gasteiger partial charge on any atom is 0.229 e. The van der Waals surface area contributed by atoms with Gasteiger partial charge in [-0.25, -0.2) is 0 Å². The molecule has 0 aliphatic rings. The van der Waals surface area contributed by atoms with Crippen molar-refractivity contribution in [3.63, 3.8) is 0 Å². The van der Waals surface area contributed by atoms with E-state index in [1.807, 2.05) is 38.3 Å². The Balaban J connectivity index is 2.29. The molecule has 20 heavy (non-hydrogen) atoms. The largest absolute Gasteiger partial charge is 0.383 e. The van der Waals surface area contributed by atoms with E-state index in [0.717, 1.165) is 4.88 Å². The summed E-state index contributed by atoms with van der Waals surface area (Å²) < 4.78 is 0. The van der Waals surface area contributed by atoms with Gasteiger partial charge in [0, 0.05) is 22.1 Å². The molecule has 0 aliphatic heterocycles. The third kappa shape index (κ3) is 3.23. The molecule has 5 heteroatoms. The number of carbonyl (C=O) groups excluding carboxylic acids is 1. The van der Waals surface area contributed by atoms with Gasteiger partial charge in [-0.05, 0) is 17.5 Å². The van der Waals surface area contributed by atoms with E-state index in [-0.39, 0.29) is 5.91 Å². The van der Waals surface area contributed by atoms with Gasteiger partial charge < -0.3 is 10.4 Å². The van der Waals surface area contributed by atoms with Gasteiger partial charge in [0.05, 0.1) is 11.9 Å². The molecule has 2 rings (SSSR count). The first kappa shape index (κ1) is 14.7. The van der Waals surface area contributed by atoms with Gasteiger partial charge in [0.15, 0.2) is 0 Å². The van der Waals surface area contributed by atoms with Crippen LogP contribution in [0.2, 0.25) is 0 Å². The molecule has 0 bridgehead atoms. The molecule has 1 amide bonds. The van der Waals surface area contributed by atoms with Gasteiger partial charge in [-0.15, -0.1) is 11.3 Å². The van der Waals surface area contributed by atoms with E-state index < -0.39 is 11.5 Å². The average molecular weight is 290 g/mol. The predicted molar refractivity (Wildman–Crippen MR) is 80.7 cm³/mol. The molecule has 106 valence electrons. The first-order valence-corrected chi connectivity index (χ1v) is 7.24. The Labute approximate surface area is 122 Å². The van der Waals surface area contributed by atoms with Crippen LogP contribution < -0.4 is 5.32 Å². The van der Waals surface area contributed by atoms with Gasteiger partial charge in [-0.3, -0.25) is 9.78 Å². The molecule has 1 unspecified atom stereocenters. The van der Waals surface area contributed by atoms with Crippen molar-refractivity contribution in [1.82, 2.24) is 4.98 Å². The van der Waals surface area contributed by atoms with E-state index in [1.165, 1.54) is 11.3 Å². The number of rotatable bonds is 3. The molecule has 2 aromatic rings. The fraction of sp³-hybridized carbons (Fsp3) is 0.333. The van der Waals surface area contributed by atoms with Crippen molar-refractivity contribution in [3.05, 3.63) is 46.4 Å². The Morgan fingerprint density at radius 3 is 2.75 bits per heavy atom. The van der Waals surface area contributed by atoms with Crippen LogP contribution in [0.3, 0.4) is 0 Å². The summed E-state index contributed by atoms with van der Waals surface area (Å²) in [5.41, 5.74) is 0.703. The molecule has 2 heterocycles. The van der Waals surface area contributed by atoms with Crippen LogP contribution in [0.1, 0.15) is 37.3 Å². The predicted octanol–water partition coefficient (Wildman–Crippen LogP) is 3.21. The highest BCUT2D eigenvalue weighted by atomic mass is 32.1. The minimum atomic E-state index is -0.756. The quantitative estimate of drug-likeness (QED) is 0.912. The smallest absolute Gasteiger partial charge is 0.229 e. The van der Waals surface area contributed by atoms with Crippen LogP contribution in [0.25, 0.3) is 0 Å². The van der Waals surface area contributed by atoms with Crippen LogP contribution in [0, 0.1) is 5.41 Å². The normalized spacial score (nSPS) is 13.0. The maximum absolute atomic E-state index is 12.1. The topological polar surface area (TPSA) is 62.2 Å². The number of nitrogens with zero attached hydrogens (tertiary/aromatic N) is 1. The number of pyridine rings is 1. The van der Waals surface area contributed by atoms with Gasteiger partial charge in [0.1, 0.15) is 6.10 Å². The van der Waals surface area contributed by atoms with Crippen LogP contribution in [0.5, 0.6) is 0 Å². The lowest BCUT2D eigenvalue weighted by Gasteiger charge is -2.20. The summed E-state index contributed by atoms with van der Waals surface area (Å²) in [6.07, 6.45) is 2.42. The first-order chi connectivity index (χ1) is 9.39. The Morgan fingerprint density at radius 2 is 2.15 bits per heavy atom. The molecule has 0 fully saturated rings. The zero-order valence-electron chi connectivity index (χ0n) is 11.8. The van der Waals surface area contributed by atoms with Crippen molar-refractivity contribution in [2.75, 3.05) is 5.32 Å². The van der Waals surface area contributed by atoms with Gasteiger partial charge in [0.25, 0.3) is 0 Å². The molecule has 4 nitrogen and oxygen atoms in total. The van der Waals surface area contributed by atoms with Crippen molar-refractivity contribution < 1.29 is 9.90 Å². The summed E-state index contributed by atoms with van der Waals surface area (Å²) in [5.74, 6) is -0.106. The van der Waals surface area contributed by atoms with Crippen LogP contribution in [-0.2, 0) is 4.79 Å². The Bertz CT molecular complexity index is 588. The molecule has 2 aromatic heterocycles. The Morgan fingerprint density at radius 1 is 1.40 bits per heavy atom. The minimum Gasteiger partial charge on any atom is -0.383 e. The Kier molecular flexibility index (Phi) is 4.20. The molecule has 0 aliphatic carbocycles. The Hall–Kier alpha value is -1.72. The lowest BCUT2D eigenvalue weighted by Crippen LogP contribution is -2.28. The van der Waals surface area contributed by atoms with Gasteiger partial charge in [-0.1, -0.05) is 26.8 Å². The molecule has 2 N–H and O–H groups in total. The highest BCUT2D eigenvalue weighted by Gasteiger charge is 2.23. The van der Waals surface area contributed by atoms with Crippen molar-refractivity contribution in [2.45, 2.75) is 26.9 Å². The highest BCUT2D eigenvalue weighted by molar-refractivity contribution is 7.10. The standard InChI is InChI=1S/C15H18N2O2S/c1-15(2,3)14(19)17-11-9-16-7-6-10(11)13(18)12-5-4-8-20-12/h4-9,13,18H,1-3H3,(H,17,19). The van der Waals surface area contributed by atoms with Gasteiger partial charge in [-0.2, -0.15) is 0 Å². The maximum atomic E-state index is 12.1. The van der Waals surface area contributed by atoms with Crippen molar-refractivity contribution in [1.29, 1.82) is 0 Å². The third-order valence-corrected chi connectivity index (χ3v) is 3.82. The summed E-state index contributed by atoms with van der Waals surface area (Å²) in [5, 5.41) is 15.2. The molecule has 0 saturated carbocycles. The van der Waals surface area contributed by atoms with Crippen molar-refractivity contribution in [3.8, 4) is 0 Å². The van der Waals surface area contributed by atoms with E-state index in [9.17, 15) is 9.90 Å². The number of nitrogens with one attached hydrogen (secondary N) is 1. The highest BCUT2D eigenvalue weighted by Crippen LogP contribution is 2.31. The van der Waals surface area contributed by atoms with E-state index in [4.69, 9.17) is 0 Å². The molecule has 0 saturated heterocycles. The second-order valence-corrected chi connectivity index (χ2v) is 6.56. The summed E-state index contributed by atoms with van der Waals surface area (Å²) in [4.78, 5) is 16.9. The SMILES string of the molecule is CC(C)(C)C(=O)Nc1cnccc1C(O)c1cccs1. The summed E-state index contributed by atoms with van der Waals surface area (Å²) in [6.45, 7) is 5.52. The van der Waals surface area contributed by atoms with Crippen LogP contribution in [0.4, 0.5) is 5.69 Å². The van der Waals surface area contributed by atoms with Crippen LogP contribution in [0.15, 0.2) is 36.0 Å². The number of aromatic nitrogens is 1. The molecule has 0 aromatic carbocycles. The van der Waals surface area contributed by atoms with Gasteiger partial charge >= 0.3 is 0 Å². The van der Waals surface area contributed by atoms with E-state index in [2.05, 4.69) is 10.3 Å². The van der Waals surface area contributed by atoms with Gasteiger partial charge in [0.2, 0.25) is 5.91 Å². The second-order valence-electron chi connectivity index (χ2n) is 5.59.